The number of para-hydroxylation sites is 2. The summed E-state index contributed by atoms with van der Waals surface area (Å²) in [4.78, 5) is 13.9. The van der Waals surface area contributed by atoms with Crippen molar-refractivity contribution >= 4 is 21.6 Å². The zero-order valence-corrected chi connectivity index (χ0v) is 16.4. The van der Waals surface area contributed by atoms with Crippen molar-refractivity contribution in [3.63, 3.8) is 0 Å². The van der Waals surface area contributed by atoms with Crippen LogP contribution in [-0.4, -0.2) is 40.1 Å². The van der Waals surface area contributed by atoms with Crippen molar-refractivity contribution < 1.29 is 22.7 Å². The van der Waals surface area contributed by atoms with Gasteiger partial charge in [-0.1, -0.05) is 19.1 Å². The van der Waals surface area contributed by atoms with E-state index in [0.717, 1.165) is 11.3 Å². The number of carbonyl (C=O) groups is 1. The molecule has 2 aliphatic rings. The summed E-state index contributed by atoms with van der Waals surface area (Å²) in [7, 11) is -3.69. The fraction of sp³-hybridized carbons (Fsp3) is 0.350. The minimum Gasteiger partial charge on any atom is -0.486 e. The third-order valence-corrected chi connectivity index (χ3v) is 6.35. The number of hydrogen-bond acceptors (Lipinski definition) is 5. The highest BCUT2D eigenvalue weighted by molar-refractivity contribution is 7.89. The Morgan fingerprint density at radius 2 is 2.00 bits per heavy atom. The molecule has 2 aromatic carbocycles. The Balaban J connectivity index is 1.44. The number of nitrogens with one attached hydrogen (secondary N) is 1. The van der Waals surface area contributed by atoms with E-state index >= 15 is 0 Å². The van der Waals surface area contributed by atoms with E-state index in [1.54, 1.807) is 23.1 Å². The molecule has 0 bridgehead atoms. The van der Waals surface area contributed by atoms with Crippen LogP contribution in [0, 0.1) is 0 Å². The molecule has 8 heteroatoms. The predicted octanol–water partition coefficient (Wildman–Crippen LogP) is 2.10. The molecule has 0 unspecified atom stereocenters. The average molecular weight is 402 g/mol. The highest BCUT2D eigenvalue weighted by Crippen LogP contribution is 2.32. The second-order valence-corrected chi connectivity index (χ2v) is 8.56. The molecule has 1 atom stereocenters. The van der Waals surface area contributed by atoms with E-state index in [0.29, 0.717) is 30.9 Å². The Bertz CT molecular complexity index is 1010. The SMILES string of the molecule is CCC(=O)N1CCc2cc(S(=O)(=O)NC[C@@H]3COc4ccccc4O3)ccc21. The van der Waals surface area contributed by atoms with Gasteiger partial charge in [0.2, 0.25) is 15.9 Å². The van der Waals surface area contributed by atoms with Crippen molar-refractivity contribution in [3.05, 3.63) is 48.0 Å². The van der Waals surface area contributed by atoms with Crippen molar-refractivity contribution in [3.8, 4) is 11.5 Å². The van der Waals surface area contributed by atoms with E-state index in [4.69, 9.17) is 9.47 Å². The van der Waals surface area contributed by atoms with Crippen LogP contribution in [0.25, 0.3) is 0 Å². The lowest BCUT2D eigenvalue weighted by Gasteiger charge is -2.26. The van der Waals surface area contributed by atoms with Gasteiger partial charge in [-0.25, -0.2) is 13.1 Å². The molecule has 0 fully saturated rings. The molecule has 2 aliphatic heterocycles. The van der Waals surface area contributed by atoms with Gasteiger partial charge in [-0.05, 0) is 42.3 Å². The van der Waals surface area contributed by atoms with Gasteiger partial charge in [0.05, 0.1) is 11.4 Å². The third kappa shape index (κ3) is 3.57. The zero-order chi connectivity index (χ0) is 19.7. The van der Waals surface area contributed by atoms with Crippen molar-refractivity contribution in [2.45, 2.75) is 30.8 Å². The average Bonchev–Trinajstić information content (AvgIpc) is 3.15. The number of fused-ring (bicyclic) bond motifs is 2. The minimum absolute atomic E-state index is 0.0437. The Hall–Kier alpha value is -2.58. The summed E-state index contributed by atoms with van der Waals surface area (Å²) in [5.74, 6) is 1.31. The maximum absolute atomic E-state index is 12.7. The highest BCUT2D eigenvalue weighted by atomic mass is 32.2. The standard InChI is InChI=1S/C20H22N2O5S/c1-2-20(23)22-10-9-14-11-16(7-8-17(14)22)28(24,25)21-12-15-13-26-18-5-3-4-6-19(18)27-15/h3-8,11,15,21H,2,9-10,12-13H2,1H3/t15-/m1/s1. The van der Waals surface area contributed by atoms with Gasteiger partial charge in [-0.3, -0.25) is 4.79 Å². The molecule has 1 amide bonds. The minimum atomic E-state index is -3.69. The number of hydrogen-bond donors (Lipinski definition) is 1. The molecule has 0 aliphatic carbocycles. The van der Waals surface area contributed by atoms with E-state index in [2.05, 4.69) is 4.72 Å². The second kappa shape index (κ2) is 7.44. The number of rotatable bonds is 5. The van der Waals surface area contributed by atoms with E-state index in [9.17, 15) is 13.2 Å². The van der Waals surface area contributed by atoms with Gasteiger partial charge in [0.1, 0.15) is 12.7 Å². The smallest absolute Gasteiger partial charge is 0.240 e. The van der Waals surface area contributed by atoms with E-state index in [-0.39, 0.29) is 24.0 Å². The van der Waals surface area contributed by atoms with E-state index in [1.165, 1.54) is 6.07 Å². The van der Waals surface area contributed by atoms with Crippen LogP contribution in [-0.2, 0) is 21.2 Å². The van der Waals surface area contributed by atoms with Gasteiger partial charge in [0.25, 0.3) is 0 Å². The lowest BCUT2D eigenvalue weighted by molar-refractivity contribution is -0.118. The van der Waals surface area contributed by atoms with Crippen molar-refractivity contribution in [2.24, 2.45) is 0 Å². The molecular formula is C20H22N2O5S. The lowest BCUT2D eigenvalue weighted by atomic mass is 10.2. The number of carbonyl (C=O) groups excluding carboxylic acids is 1. The van der Waals surface area contributed by atoms with Crippen LogP contribution in [0.2, 0.25) is 0 Å². The number of benzene rings is 2. The number of ether oxygens (including phenoxy) is 2. The molecule has 2 heterocycles. The molecule has 0 radical (unpaired) electrons. The van der Waals surface area contributed by atoms with Gasteiger partial charge < -0.3 is 14.4 Å². The Morgan fingerprint density at radius 3 is 2.79 bits per heavy atom. The van der Waals surface area contributed by atoms with Crippen LogP contribution in [0.4, 0.5) is 5.69 Å². The largest absolute Gasteiger partial charge is 0.486 e. The Kier molecular flexibility index (Phi) is 4.99. The number of nitrogens with zero attached hydrogens (tertiary/aromatic N) is 1. The van der Waals surface area contributed by atoms with Crippen LogP contribution in [0.1, 0.15) is 18.9 Å². The second-order valence-electron chi connectivity index (χ2n) is 6.79. The molecule has 0 aromatic heterocycles. The van der Waals surface area contributed by atoms with Gasteiger partial charge in [0, 0.05) is 18.7 Å². The summed E-state index contributed by atoms with van der Waals surface area (Å²) < 4.78 is 39.4. The first-order valence-corrected chi connectivity index (χ1v) is 10.8. The predicted molar refractivity (Wildman–Crippen MR) is 104 cm³/mol. The topological polar surface area (TPSA) is 84.9 Å². The van der Waals surface area contributed by atoms with Crippen LogP contribution < -0.4 is 19.1 Å². The van der Waals surface area contributed by atoms with Gasteiger partial charge in [-0.2, -0.15) is 0 Å². The van der Waals surface area contributed by atoms with Crippen molar-refractivity contribution in [2.75, 3.05) is 24.6 Å². The monoisotopic (exact) mass is 402 g/mol. The molecule has 0 saturated heterocycles. The van der Waals surface area contributed by atoms with Crippen molar-refractivity contribution in [1.29, 1.82) is 0 Å². The van der Waals surface area contributed by atoms with Gasteiger partial charge in [-0.15, -0.1) is 0 Å². The molecule has 0 spiro atoms. The summed E-state index contributed by atoms with van der Waals surface area (Å²) >= 11 is 0. The quantitative estimate of drug-likeness (QED) is 0.828. The maximum atomic E-state index is 12.7. The summed E-state index contributed by atoms with van der Waals surface area (Å²) in [5, 5.41) is 0. The van der Waals surface area contributed by atoms with E-state index < -0.39 is 16.1 Å². The number of sulfonamides is 1. The number of anilines is 1. The van der Waals surface area contributed by atoms with Crippen LogP contribution >= 0.6 is 0 Å². The Labute approximate surface area is 164 Å². The summed E-state index contributed by atoms with van der Waals surface area (Å²) in [6.07, 6.45) is 0.672. The van der Waals surface area contributed by atoms with Crippen LogP contribution in [0.5, 0.6) is 11.5 Å². The molecule has 0 saturated carbocycles. The van der Waals surface area contributed by atoms with Crippen molar-refractivity contribution in [1.82, 2.24) is 4.72 Å². The molecule has 4 rings (SSSR count). The van der Waals surface area contributed by atoms with E-state index in [1.807, 2.05) is 25.1 Å². The molecule has 7 nitrogen and oxygen atoms in total. The maximum Gasteiger partial charge on any atom is 0.240 e. The molecular weight excluding hydrogens is 380 g/mol. The fourth-order valence-corrected chi connectivity index (χ4v) is 4.56. The summed E-state index contributed by atoms with van der Waals surface area (Å²) in [6, 6.07) is 12.2. The van der Waals surface area contributed by atoms with Crippen LogP contribution in [0.15, 0.2) is 47.4 Å². The molecule has 2 aromatic rings. The molecule has 1 N–H and O–H groups in total. The molecule has 28 heavy (non-hydrogen) atoms. The normalized spacial score (nSPS) is 18.0. The van der Waals surface area contributed by atoms with Gasteiger partial charge >= 0.3 is 0 Å². The molecule has 148 valence electrons. The summed E-state index contributed by atoms with van der Waals surface area (Å²) in [5.41, 5.74) is 1.67. The zero-order valence-electron chi connectivity index (χ0n) is 15.6. The Morgan fingerprint density at radius 1 is 1.21 bits per heavy atom. The number of amides is 1. The first-order chi connectivity index (χ1) is 13.5. The first kappa shape index (κ1) is 18.8. The summed E-state index contributed by atoms with van der Waals surface area (Å²) in [6.45, 7) is 2.79. The highest BCUT2D eigenvalue weighted by Gasteiger charge is 2.27. The third-order valence-electron chi connectivity index (χ3n) is 4.93. The first-order valence-electron chi connectivity index (χ1n) is 9.29. The lowest BCUT2D eigenvalue weighted by Crippen LogP contribution is -2.40. The van der Waals surface area contributed by atoms with Crippen LogP contribution in [0.3, 0.4) is 0 Å². The van der Waals surface area contributed by atoms with Gasteiger partial charge in [0.15, 0.2) is 11.5 Å². The fourth-order valence-electron chi connectivity index (χ4n) is 3.44.